The van der Waals surface area contributed by atoms with Crippen LogP contribution in [0.4, 0.5) is 0 Å². The number of nitrogens with zero attached hydrogens (tertiary/aromatic N) is 1. The van der Waals surface area contributed by atoms with Crippen LogP contribution in [-0.4, -0.2) is 38.4 Å². The average molecular weight is 300 g/mol. The SMILES string of the molecule is BCCc1ccc(CC2CN(C(C)CCCN)C2)c(C)c1C. The third kappa shape index (κ3) is 4.14. The molecule has 1 unspecified atom stereocenters. The maximum atomic E-state index is 5.61. The van der Waals surface area contributed by atoms with E-state index in [1.54, 1.807) is 5.56 Å². The molecule has 1 atom stereocenters. The molecule has 122 valence electrons. The standard InChI is InChI=1S/C19H33BN2/c1-14(5-4-10-21)22-12-17(13-22)11-19-7-6-18(8-9-20)15(2)16(19)3/h6-7,14,17H,4-5,8-13,20-21H2,1-3H3. The molecule has 0 saturated carbocycles. The van der Waals surface area contributed by atoms with Crippen LogP contribution in [-0.2, 0) is 12.8 Å². The number of hydrogen-bond donors (Lipinski definition) is 1. The number of rotatable bonds is 8. The minimum Gasteiger partial charge on any atom is -0.330 e. The van der Waals surface area contributed by atoms with Crippen LogP contribution in [0.15, 0.2) is 12.1 Å². The lowest BCUT2D eigenvalue weighted by atomic mass is 9.85. The smallest absolute Gasteiger partial charge is 0.101 e. The van der Waals surface area contributed by atoms with Gasteiger partial charge in [0.15, 0.2) is 0 Å². The minimum absolute atomic E-state index is 0.703. The Morgan fingerprint density at radius 2 is 1.86 bits per heavy atom. The maximum absolute atomic E-state index is 5.61. The number of likely N-dealkylation sites (tertiary alicyclic amines) is 1. The molecule has 22 heavy (non-hydrogen) atoms. The summed E-state index contributed by atoms with van der Waals surface area (Å²) in [6.45, 7) is 10.3. The van der Waals surface area contributed by atoms with Gasteiger partial charge in [-0.25, -0.2) is 0 Å². The molecular weight excluding hydrogens is 267 g/mol. The average Bonchev–Trinajstić information content (AvgIpc) is 2.47. The molecule has 1 saturated heterocycles. The summed E-state index contributed by atoms with van der Waals surface area (Å²) in [5, 5.41) is 0. The fourth-order valence-electron chi connectivity index (χ4n) is 3.70. The first-order chi connectivity index (χ1) is 10.6. The van der Waals surface area contributed by atoms with Gasteiger partial charge in [0, 0.05) is 19.1 Å². The third-order valence-electron chi connectivity index (χ3n) is 5.47. The number of aryl methyl sites for hydroxylation is 1. The molecule has 1 fully saturated rings. The second-order valence-electron chi connectivity index (χ2n) is 7.19. The zero-order valence-corrected chi connectivity index (χ0v) is 15.0. The largest absolute Gasteiger partial charge is 0.330 e. The van der Waals surface area contributed by atoms with Crippen LogP contribution in [0.2, 0.25) is 6.32 Å². The van der Waals surface area contributed by atoms with Crippen LogP contribution in [0.25, 0.3) is 0 Å². The van der Waals surface area contributed by atoms with E-state index in [1.165, 1.54) is 55.4 Å². The fourth-order valence-corrected chi connectivity index (χ4v) is 3.70. The van der Waals surface area contributed by atoms with Gasteiger partial charge in [-0.2, -0.15) is 0 Å². The summed E-state index contributed by atoms with van der Waals surface area (Å²) in [7, 11) is 2.26. The van der Waals surface area contributed by atoms with Gasteiger partial charge in [-0.05, 0) is 81.2 Å². The molecule has 1 aliphatic heterocycles. The van der Waals surface area contributed by atoms with Gasteiger partial charge in [-0.1, -0.05) is 18.5 Å². The molecule has 2 N–H and O–H groups in total. The molecule has 1 aromatic rings. The number of hydrogen-bond acceptors (Lipinski definition) is 2. The van der Waals surface area contributed by atoms with E-state index < -0.39 is 0 Å². The summed E-state index contributed by atoms with van der Waals surface area (Å²) >= 11 is 0. The van der Waals surface area contributed by atoms with Gasteiger partial charge in [-0.3, -0.25) is 4.90 Å². The molecule has 2 nitrogen and oxygen atoms in total. The highest BCUT2D eigenvalue weighted by Crippen LogP contribution is 2.27. The van der Waals surface area contributed by atoms with Gasteiger partial charge in [0.1, 0.15) is 7.85 Å². The van der Waals surface area contributed by atoms with Gasteiger partial charge in [0.2, 0.25) is 0 Å². The van der Waals surface area contributed by atoms with E-state index in [2.05, 4.69) is 45.7 Å². The van der Waals surface area contributed by atoms with Gasteiger partial charge < -0.3 is 5.73 Å². The molecular formula is C19H33BN2. The lowest BCUT2D eigenvalue weighted by Crippen LogP contribution is -2.51. The van der Waals surface area contributed by atoms with E-state index >= 15 is 0 Å². The summed E-state index contributed by atoms with van der Waals surface area (Å²) in [5.74, 6) is 0.843. The molecule has 1 heterocycles. The molecule has 0 spiro atoms. The van der Waals surface area contributed by atoms with Crippen LogP contribution >= 0.6 is 0 Å². The molecule has 0 bridgehead atoms. The van der Waals surface area contributed by atoms with Crippen molar-refractivity contribution in [3.63, 3.8) is 0 Å². The summed E-state index contributed by atoms with van der Waals surface area (Å²) in [5.41, 5.74) is 11.8. The van der Waals surface area contributed by atoms with Crippen molar-refractivity contribution in [1.82, 2.24) is 4.90 Å². The summed E-state index contributed by atoms with van der Waals surface area (Å²) < 4.78 is 0. The van der Waals surface area contributed by atoms with Crippen molar-refractivity contribution >= 4 is 7.85 Å². The zero-order chi connectivity index (χ0) is 16.1. The highest BCUT2D eigenvalue weighted by atomic mass is 15.2. The van der Waals surface area contributed by atoms with Gasteiger partial charge in [0.25, 0.3) is 0 Å². The Hall–Kier alpha value is -0.795. The van der Waals surface area contributed by atoms with E-state index in [0.717, 1.165) is 18.9 Å². The number of nitrogens with two attached hydrogens (primary N) is 1. The molecule has 1 aromatic carbocycles. The summed E-state index contributed by atoms with van der Waals surface area (Å²) in [6, 6.07) is 5.45. The molecule has 0 aromatic heterocycles. The first-order valence-electron chi connectivity index (χ1n) is 9.08. The van der Waals surface area contributed by atoms with Crippen LogP contribution in [0.3, 0.4) is 0 Å². The van der Waals surface area contributed by atoms with Crippen LogP contribution in [0, 0.1) is 19.8 Å². The van der Waals surface area contributed by atoms with E-state index in [1.807, 2.05) is 0 Å². The van der Waals surface area contributed by atoms with Crippen molar-refractivity contribution < 1.29 is 0 Å². The van der Waals surface area contributed by atoms with Gasteiger partial charge in [0.05, 0.1) is 0 Å². The Kier molecular flexibility index (Phi) is 6.52. The Balaban J connectivity index is 1.87. The van der Waals surface area contributed by atoms with Crippen LogP contribution < -0.4 is 5.73 Å². The van der Waals surface area contributed by atoms with Crippen molar-refractivity contribution in [1.29, 1.82) is 0 Å². The first kappa shape index (κ1) is 17.6. The predicted octanol–water partition coefficient (Wildman–Crippen LogP) is 2.50. The summed E-state index contributed by atoms with van der Waals surface area (Å²) in [4.78, 5) is 2.62. The van der Waals surface area contributed by atoms with Crippen molar-refractivity contribution in [2.45, 2.75) is 58.8 Å². The second kappa shape index (κ2) is 8.17. The highest BCUT2D eigenvalue weighted by Gasteiger charge is 2.30. The first-order valence-corrected chi connectivity index (χ1v) is 9.08. The fraction of sp³-hybridized carbons (Fsp3) is 0.684. The number of benzene rings is 1. The summed E-state index contributed by atoms with van der Waals surface area (Å²) in [6.07, 6.45) is 6.09. The van der Waals surface area contributed by atoms with E-state index in [-0.39, 0.29) is 0 Å². The molecule has 0 amide bonds. The van der Waals surface area contributed by atoms with E-state index in [9.17, 15) is 0 Å². The molecule has 0 aliphatic carbocycles. The Morgan fingerprint density at radius 1 is 1.23 bits per heavy atom. The Labute approximate surface area is 137 Å². The Morgan fingerprint density at radius 3 is 2.50 bits per heavy atom. The minimum atomic E-state index is 0.703. The quantitative estimate of drug-likeness (QED) is 0.748. The second-order valence-corrected chi connectivity index (χ2v) is 7.19. The van der Waals surface area contributed by atoms with E-state index in [0.29, 0.717) is 6.04 Å². The molecule has 2 rings (SSSR count). The van der Waals surface area contributed by atoms with E-state index in [4.69, 9.17) is 5.73 Å². The molecule has 3 heteroatoms. The predicted molar refractivity (Wildman–Crippen MR) is 99.5 cm³/mol. The third-order valence-corrected chi connectivity index (χ3v) is 5.47. The Bertz CT molecular complexity index is 481. The lowest BCUT2D eigenvalue weighted by Gasteiger charge is -2.43. The maximum Gasteiger partial charge on any atom is 0.101 e. The van der Waals surface area contributed by atoms with Crippen molar-refractivity contribution in [2.75, 3.05) is 19.6 Å². The molecule has 1 aliphatic rings. The lowest BCUT2D eigenvalue weighted by molar-refractivity contribution is 0.0560. The van der Waals surface area contributed by atoms with Gasteiger partial charge >= 0.3 is 0 Å². The van der Waals surface area contributed by atoms with Crippen molar-refractivity contribution in [3.8, 4) is 0 Å². The van der Waals surface area contributed by atoms with Crippen molar-refractivity contribution in [3.05, 3.63) is 34.4 Å². The van der Waals surface area contributed by atoms with Crippen molar-refractivity contribution in [2.24, 2.45) is 11.7 Å². The normalized spacial score (nSPS) is 17.5. The van der Waals surface area contributed by atoms with Gasteiger partial charge in [-0.15, -0.1) is 0 Å². The zero-order valence-electron chi connectivity index (χ0n) is 15.0. The topological polar surface area (TPSA) is 29.3 Å². The van der Waals surface area contributed by atoms with Crippen LogP contribution in [0.5, 0.6) is 0 Å². The van der Waals surface area contributed by atoms with Crippen LogP contribution in [0.1, 0.15) is 42.0 Å². The highest BCUT2D eigenvalue weighted by molar-refractivity contribution is 6.08. The monoisotopic (exact) mass is 300 g/mol. The molecule has 0 radical (unpaired) electrons.